The van der Waals surface area contributed by atoms with Gasteiger partial charge in [0.25, 0.3) is 5.91 Å². The Morgan fingerprint density at radius 3 is 2.70 bits per heavy atom. The summed E-state index contributed by atoms with van der Waals surface area (Å²) in [6.07, 6.45) is 5.68. The Morgan fingerprint density at radius 2 is 1.93 bits per heavy atom. The van der Waals surface area contributed by atoms with Crippen molar-refractivity contribution in [1.29, 1.82) is 0 Å². The molecule has 1 atom stereocenters. The van der Waals surface area contributed by atoms with Crippen LogP contribution in [0.5, 0.6) is 0 Å². The van der Waals surface area contributed by atoms with Crippen LogP contribution in [0.3, 0.4) is 0 Å². The number of fused-ring (bicyclic) bond motifs is 2. The Labute approximate surface area is 233 Å². The second kappa shape index (κ2) is 10.8. The van der Waals surface area contributed by atoms with Gasteiger partial charge < -0.3 is 24.3 Å². The Bertz CT molecular complexity index is 1600. The lowest BCUT2D eigenvalue weighted by molar-refractivity contribution is -0.122. The largest absolute Gasteiger partial charge is 0.379 e. The summed E-state index contributed by atoms with van der Waals surface area (Å²) in [5.74, 6) is -0.336. The van der Waals surface area contributed by atoms with E-state index in [9.17, 15) is 18.0 Å². The van der Waals surface area contributed by atoms with Crippen molar-refractivity contribution >= 4 is 50.1 Å². The summed E-state index contributed by atoms with van der Waals surface area (Å²) in [7, 11) is -2.05. The van der Waals surface area contributed by atoms with E-state index < -0.39 is 10.0 Å². The van der Waals surface area contributed by atoms with Crippen LogP contribution in [-0.4, -0.2) is 81.7 Å². The molecule has 6 rings (SSSR count). The summed E-state index contributed by atoms with van der Waals surface area (Å²) in [4.78, 5) is 27.8. The van der Waals surface area contributed by atoms with Gasteiger partial charge in [0.05, 0.1) is 29.9 Å². The van der Waals surface area contributed by atoms with E-state index in [-0.39, 0.29) is 29.4 Å². The molecule has 0 spiro atoms. The molecule has 1 unspecified atom stereocenters. The molecular weight excluding hydrogens is 532 g/mol. The van der Waals surface area contributed by atoms with Crippen LogP contribution >= 0.6 is 0 Å². The first-order chi connectivity index (χ1) is 19.3. The highest BCUT2D eigenvalue weighted by Gasteiger charge is 2.33. The fourth-order valence-corrected chi connectivity index (χ4v) is 7.02. The first-order valence-corrected chi connectivity index (χ1v) is 15.0. The zero-order chi connectivity index (χ0) is 27.9. The molecule has 1 aromatic heterocycles. The van der Waals surface area contributed by atoms with Gasteiger partial charge in [-0.25, -0.2) is 8.42 Å². The third-order valence-corrected chi connectivity index (χ3v) is 9.64. The summed E-state index contributed by atoms with van der Waals surface area (Å²) >= 11 is 0. The van der Waals surface area contributed by atoms with Crippen LogP contribution in [0.2, 0.25) is 0 Å². The number of hydrogen-bond donors (Lipinski definition) is 1. The summed E-state index contributed by atoms with van der Waals surface area (Å²) in [6, 6.07) is 12.5. The topological polar surface area (TPSA) is 110 Å². The van der Waals surface area contributed by atoms with E-state index in [2.05, 4.69) is 5.32 Å². The predicted molar refractivity (Wildman–Crippen MR) is 151 cm³/mol. The van der Waals surface area contributed by atoms with Gasteiger partial charge in [-0.05, 0) is 43.2 Å². The highest BCUT2D eigenvalue weighted by molar-refractivity contribution is 7.89. The maximum absolute atomic E-state index is 13.4. The number of morpholine rings is 1. The fourth-order valence-electron chi connectivity index (χ4n) is 5.58. The number of likely N-dealkylation sites (N-methyl/N-ethyl adjacent to an activating group) is 1. The Hall–Kier alpha value is -3.51. The van der Waals surface area contributed by atoms with E-state index in [4.69, 9.17) is 9.47 Å². The normalized spacial score (nSPS) is 20.9. The molecule has 0 aliphatic carbocycles. The third-order valence-electron chi connectivity index (χ3n) is 7.75. The van der Waals surface area contributed by atoms with Crippen molar-refractivity contribution in [2.24, 2.45) is 0 Å². The number of amides is 2. The highest BCUT2D eigenvalue weighted by atomic mass is 32.2. The van der Waals surface area contributed by atoms with Crippen LogP contribution in [0.4, 0.5) is 5.69 Å². The van der Waals surface area contributed by atoms with Crippen molar-refractivity contribution < 1.29 is 27.5 Å². The molecule has 4 heterocycles. The number of rotatable bonds is 7. The van der Waals surface area contributed by atoms with E-state index in [1.165, 1.54) is 9.21 Å². The minimum atomic E-state index is -3.73. The van der Waals surface area contributed by atoms with E-state index in [1.807, 2.05) is 35.0 Å². The molecule has 0 radical (unpaired) electrons. The monoisotopic (exact) mass is 564 g/mol. The molecule has 0 bridgehead atoms. The van der Waals surface area contributed by atoms with E-state index in [0.29, 0.717) is 49.7 Å². The third kappa shape index (κ3) is 4.94. The number of carbonyl (C=O) groups is 2. The maximum atomic E-state index is 13.4. The van der Waals surface area contributed by atoms with Crippen LogP contribution in [0.15, 0.2) is 53.6 Å². The molecule has 2 saturated heterocycles. The molecule has 2 aromatic carbocycles. The number of carbonyl (C=O) groups excluding carboxylic acids is 2. The first-order valence-electron chi connectivity index (χ1n) is 13.5. The van der Waals surface area contributed by atoms with Crippen LogP contribution in [-0.2, 0) is 35.6 Å². The second-order valence-electron chi connectivity index (χ2n) is 10.3. The van der Waals surface area contributed by atoms with E-state index in [0.717, 1.165) is 35.9 Å². The SMILES string of the molecule is CN1C(=O)C(=Cc2cn(CC(=O)NCC3CCCO3)c3ccccc23)c2cc(S(=O)(=O)N3CCOCC3)ccc21. The zero-order valence-corrected chi connectivity index (χ0v) is 23.2. The maximum Gasteiger partial charge on any atom is 0.258 e. The van der Waals surface area contributed by atoms with Crippen molar-refractivity contribution in [2.75, 3.05) is 51.4 Å². The molecule has 2 amide bonds. The number of nitrogens with one attached hydrogen (secondary N) is 1. The van der Waals surface area contributed by atoms with Crippen molar-refractivity contribution in [1.82, 2.24) is 14.2 Å². The Kier molecular flexibility index (Phi) is 7.22. The molecule has 11 heteroatoms. The average molecular weight is 565 g/mol. The molecule has 3 aliphatic heterocycles. The van der Waals surface area contributed by atoms with Crippen molar-refractivity contribution in [3.8, 4) is 0 Å². The number of aromatic nitrogens is 1. The van der Waals surface area contributed by atoms with E-state index in [1.54, 1.807) is 31.3 Å². The van der Waals surface area contributed by atoms with Gasteiger partial charge >= 0.3 is 0 Å². The van der Waals surface area contributed by atoms with Crippen molar-refractivity contribution in [2.45, 2.75) is 30.4 Å². The van der Waals surface area contributed by atoms with Crippen LogP contribution in [0, 0.1) is 0 Å². The molecule has 0 saturated carbocycles. The second-order valence-corrected chi connectivity index (χ2v) is 12.2. The molecule has 40 heavy (non-hydrogen) atoms. The minimum Gasteiger partial charge on any atom is -0.379 e. The summed E-state index contributed by atoms with van der Waals surface area (Å²) in [6.45, 7) is 2.65. The molecule has 210 valence electrons. The zero-order valence-electron chi connectivity index (χ0n) is 22.3. The van der Waals surface area contributed by atoms with Gasteiger partial charge in [0.2, 0.25) is 15.9 Å². The van der Waals surface area contributed by atoms with Gasteiger partial charge in [0, 0.05) is 67.1 Å². The van der Waals surface area contributed by atoms with Gasteiger partial charge in [-0.15, -0.1) is 0 Å². The predicted octanol–water partition coefficient (Wildman–Crippen LogP) is 2.47. The van der Waals surface area contributed by atoms with Gasteiger partial charge in [-0.2, -0.15) is 4.31 Å². The van der Waals surface area contributed by atoms with Crippen LogP contribution in [0.1, 0.15) is 24.0 Å². The van der Waals surface area contributed by atoms with Gasteiger partial charge in [0.1, 0.15) is 6.54 Å². The number of nitrogens with zero attached hydrogens (tertiary/aromatic N) is 3. The molecule has 1 N–H and O–H groups in total. The standard InChI is InChI=1S/C29H32N4O6S/c1-31-26-9-8-22(40(36,37)33-10-13-38-14-11-33)16-24(26)25(29(31)35)15-20-18-32(27-7-3-2-6-23(20)27)19-28(34)30-17-21-5-4-12-39-21/h2-3,6-9,15-16,18,21H,4-5,10-14,17,19H2,1H3,(H,30,34). The highest BCUT2D eigenvalue weighted by Crippen LogP contribution is 2.39. The lowest BCUT2D eigenvalue weighted by Gasteiger charge is -2.26. The van der Waals surface area contributed by atoms with Crippen molar-refractivity contribution in [3.05, 3.63) is 59.8 Å². The molecule has 3 aliphatic rings. The van der Waals surface area contributed by atoms with Gasteiger partial charge in [-0.1, -0.05) is 18.2 Å². The van der Waals surface area contributed by atoms with Gasteiger partial charge in [0.15, 0.2) is 0 Å². The first kappa shape index (κ1) is 26.7. The number of anilines is 1. The number of ether oxygens (including phenoxy) is 2. The number of para-hydroxylation sites is 1. The van der Waals surface area contributed by atoms with Crippen LogP contribution in [0.25, 0.3) is 22.6 Å². The Morgan fingerprint density at radius 1 is 1.12 bits per heavy atom. The van der Waals surface area contributed by atoms with E-state index >= 15 is 0 Å². The fraction of sp³-hybridized carbons (Fsp3) is 0.379. The lowest BCUT2D eigenvalue weighted by atomic mass is 10.0. The molecule has 10 nitrogen and oxygen atoms in total. The van der Waals surface area contributed by atoms with Crippen LogP contribution < -0.4 is 10.2 Å². The summed E-state index contributed by atoms with van der Waals surface area (Å²) in [5.41, 5.74) is 3.25. The van der Waals surface area contributed by atoms with Crippen molar-refractivity contribution in [3.63, 3.8) is 0 Å². The number of benzene rings is 2. The summed E-state index contributed by atoms with van der Waals surface area (Å²) < 4.78 is 40.9. The quantitative estimate of drug-likeness (QED) is 0.442. The molecule has 3 aromatic rings. The minimum absolute atomic E-state index is 0.0630. The molecular formula is C29H32N4O6S. The number of hydrogen-bond acceptors (Lipinski definition) is 6. The van der Waals surface area contributed by atoms with Gasteiger partial charge in [-0.3, -0.25) is 9.59 Å². The smallest absolute Gasteiger partial charge is 0.258 e. The number of sulfonamides is 1. The average Bonchev–Trinajstić information content (AvgIpc) is 3.67. The summed E-state index contributed by atoms with van der Waals surface area (Å²) in [5, 5.41) is 3.86. The lowest BCUT2D eigenvalue weighted by Crippen LogP contribution is -2.40. The molecule has 2 fully saturated rings. The Balaban J connectivity index is 1.33.